The molecule has 0 spiro atoms. The summed E-state index contributed by atoms with van der Waals surface area (Å²) in [5.74, 6) is -0.637. The molecule has 17 heteroatoms. The Morgan fingerprint density at radius 2 is 1.14 bits per heavy atom. The van der Waals surface area contributed by atoms with Crippen LogP contribution < -0.4 is 5.32 Å². The molecule has 216 valence electrons. The van der Waals surface area contributed by atoms with Gasteiger partial charge in [0.25, 0.3) is 0 Å². The summed E-state index contributed by atoms with van der Waals surface area (Å²) in [7, 11) is 0. The van der Waals surface area contributed by atoms with Gasteiger partial charge in [0.1, 0.15) is 73.2 Å². The summed E-state index contributed by atoms with van der Waals surface area (Å²) in [5.41, 5.74) is 0. The molecule has 0 aromatic carbocycles. The van der Waals surface area contributed by atoms with E-state index in [1.54, 1.807) is 0 Å². The van der Waals surface area contributed by atoms with E-state index in [0.717, 1.165) is 6.92 Å². The zero-order valence-electron chi connectivity index (χ0n) is 19.7. The molecule has 37 heavy (non-hydrogen) atoms. The lowest BCUT2D eigenvalue weighted by atomic mass is 9.95. The van der Waals surface area contributed by atoms with Crippen LogP contribution in [0.1, 0.15) is 6.92 Å². The molecule has 11 N–H and O–H groups in total. The van der Waals surface area contributed by atoms with Crippen LogP contribution in [0.2, 0.25) is 0 Å². The lowest BCUT2D eigenvalue weighted by Gasteiger charge is -2.48. The number of carbonyl (C=O) groups excluding carboxylic acids is 1. The van der Waals surface area contributed by atoms with Crippen molar-refractivity contribution in [2.24, 2.45) is 0 Å². The van der Waals surface area contributed by atoms with Crippen molar-refractivity contribution in [3.63, 3.8) is 0 Å². The number of nitrogens with one attached hydrogen (secondary N) is 1. The number of aliphatic hydroxyl groups is 10. The zero-order chi connectivity index (χ0) is 27.6. The highest BCUT2D eigenvalue weighted by Crippen LogP contribution is 2.32. The van der Waals surface area contributed by atoms with Crippen molar-refractivity contribution < 1.29 is 79.5 Å². The van der Waals surface area contributed by atoms with Gasteiger partial charge in [-0.2, -0.15) is 0 Å². The van der Waals surface area contributed by atoms with Crippen molar-refractivity contribution in [2.75, 3.05) is 19.8 Å². The number of hydrogen-bond donors (Lipinski definition) is 11. The normalized spacial score (nSPS) is 49.0. The van der Waals surface area contributed by atoms with Crippen LogP contribution >= 0.6 is 0 Å². The molecule has 3 heterocycles. The van der Waals surface area contributed by atoms with E-state index in [0.29, 0.717) is 0 Å². The second kappa shape index (κ2) is 12.8. The standard InChI is InChI=1S/C20H35NO16/c1-5(25)21-9-11(27)10(26)6(2-22)34-19(9)36-17-8(4-24)35-20(15(31)13(17)29)37-16-7(3-23)33-18(32)14(30)12(16)28/h6-20,22-24,26-32H,2-4H2,1H3,(H,21,25)/t6-,7-,8-,9+,10-,11-,12-,13-,14-,15-,16-,17-,18?,19+,20+/m1/s1. The third-order valence-electron chi connectivity index (χ3n) is 6.49. The fourth-order valence-corrected chi connectivity index (χ4v) is 4.46. The second-order valence-corrected chi connectivity index (χ2v) is 9.07. The molecule has 0 radical (unpaired) electrons. The molecule has 0 saturated carbocycles. The van der Waals surface area contributed by atoms with Gasteiger partial charge in [0.2, 0.25) is 5.91 Å². The van der Waals surface area contributed by atoms with Gasteiger partial charge in [-0.1, -0.05) is 0 Å². The van der Waals surface area contributed by atoms with E-state index in [1.807, 2.05) is 0 Å². The van der Waals surface area contributed by atoms with E-state index >= 15 is 0 Å². The van der Waals surface area contributed by atoms with Crippen LogP contribution in [0.25, 0.3) is 0 Å². The summed E-state index contributed by atoms with van der Waals surface area (Å²) in [6.45, 7) is -1.21. The lowest BCUT2D eigenvalue weighted by molar-refractivity contribution is -0.372. The Morgan fingerprint density at radius 3 is 1.68 bits per heavy atom. The summed E-state index contributed by atoms with van der Waals surface area (Å²) in [6.07, 6.45) is -23.1. The first kappa shape index (κ1) is 30.4. The van der Waals surface area contributed by atoms with Crippen LogP contribution in [0.3, 0.4) is 0 Å². The predicted octanol–water partition coefficient (Wildman–Crippen LogP) is -7.43. The molecule has 3 saturated heterocycles. The van der Waals surface area contributed by atoms with Gasteiger partial charge in [-0.25, -0.2) is 0 Å². The van der Waals surface area contributed by atoms with Crippen LogP contribution in [-0.2, 0) is 28.5 Å². The molecule has 1 unspecified atom stereocenters. The molecule has 0 bridgehead atoms. The largest absolute Gasteiger partial charge is 0.394 e. The fraction of sp³-hybridized carbons (Fsp3) is 0.950. The fourth-order valence-electron chi connectivity index (χ4n) is 4.46. The summed E-state index contributed by atoms with van der Waals surface area (Å²) < 4.78 is 27.0. The predicted molar refractivity (Wildman–Crippen MR) is 113 cm³/mol. The quantitative estimate of drug-likeness (QED) is 0.135. The van der Waals surface area contributed by atoms with Crippen molar-refractivity contribution in [1.82, 2.24) is 5.32 Å². The highest BCUT2D eigenvalue weighted by atomic mass is 16.7. The van der Waals surface area contributed by atoms with Gasteiger partial charge in [-0.3, -0.25) is 4.79 Å². The number of carbonyl (C=O) groups is 1. The van der Waals surface area contributed by atoms with E-state index < -0.39 is 118 Å². The van der Waals surface area contributed by atoms with E-state index in [1.165, 1.54) is 0 Å². The molecule has 17 nitrogen and oxygen atoms in total. The summed E-state index contributed by atoms with van der Waals surface area (Å²) in [6, 6.07) is -1.39. The maximum absolute atomic E-state index is 11.6. The second-order valence-electron chi connectivity index (χ2n) is 9.07. The molecule has 1 amide bonds. The average molecular weight is 545 g/mol. The first-order valence-corrected chi connectivity index (χ1v) is 11.6. The Hall–Kier alpha value is -1.13. The molecule has 3 aliphatic rings. The van der Waals surface area contributed by atoms with E-state index in [2.05, 4.69) is 5.32 Å². The first-order valence-electron chi connectivity index (χ1n) is 11.6. The molecular formula is C20H35NO16. The van der Waals surface area contributed by atoms with Crippen LogP contribution in [0.15, 0.2) is 0 Å². The number of rotatable bonds is 8. The summed E-state index contributed by atoms with van der Waals surface area (Å²) >= 11 is 0. The lowest BCUT2D eigenvalue weighted by Crippen LogP contribution is -2.68. The zero-order valence-corrected chi connectivity index (χ0v) is 19.7. The summed E-state index contributed by atoms with van der Waals surface area (Å²) in [4.78, 5) is 11.6. The molecule has 3 fully saturated rings. The average Bonchev–Trinajstić information content (AvgIpc) is 2.87. The topological polar surface area (TPSA) is 278 Å². The third kappa shape index (κ3) is 6.38. The monoisotopic (exact) mass is 545 g/mol. The Balaban J connectivity index is 1.77. The van der Waals surface area contributed by atoms with Crippen molar-refractivity contribution in [2.45, 2.75) is 99.0 Å². The maximum Gasteiger partial charge on any atom is 0.217 e. The van der Waals surface area contributed by atoms with Gasteiger partial charge >= 0.3 is 0 Å². The number of hydrogen-bond acceptors (Lipinski definition) is 16. The molecule has 3 aliphatic heterocycles. The van der Waals surface area contributed by atoms with Crippen molar-refractivity contribution >= 4 is 5.91 Å². The van der Waals surface area contributed by atoms with Gasteiger partial charge in [0.15, 0.2) is 18.9 Å². The Bertz CT molecular complexity index is 743. The van der Waals surface area contributed by atoms with Crippen molar-refractivity contribution in [3.8, 4) is 0 Å². The van der Waals surface area contributed by atoms with Crippen LogP contribution in [-0.4, -0.2) is 169 Å². The number of aliphatic hydroxyl groups excluding tert-OH is 10. The highest BCUT2D eigenvalue weighted by molar-refractivity contribution is 5.73. The molecule has 0 aliphatic carbocycles. The number of amides is 1. The highest BCUT2D eigenvalue weighted by Gasteiger charge is 2.53. The Morgan fingerprint density at radius 1 is 0.649 bits per heavy atom. The van der Waals surface area contributed by atoms with E-state index in [-0.39, 0.29) is 0 Å². The molecular weight excluding hydrogens is 510 g/mol. The van der Waals surface area contributed by atoms with Gasteiger partial charge in [0, 0.05) is 6.92 Å². The van der Waals surface area contributed by atoms with Gasteiger partial charge < -0.3 is 80.1 Å². The van der Waals surface area contributed by atoms with Gasteiger partial charge in [-0.15, -0.1) is 0 Å². The molecule has 15 atom stereocenters. The molecule has 3 rings (SSSR count). The van der Waals surface area contributed by atoms with Crippen LogP contribution in [0, 0.1) is 0 Å². The Labute approximate surface area is 210 Å². The minimum atomic E-state index is -1.92. The SMILES string of the molecule is CC(=O)N[C@@H]1[C@H](O[C@H]2[C@H](O)[C@@H](O)[C@H](O[C@H]3[C@H](O)[C@@H](O)C(O)O[C@@H]3CO)O[C@@H]2CO)O[C@H](CO)[C@@H](O)[C@@H]1O. The minimum absolute atomic E-state index is 0.637. The molecule has 0 aromatic rings. The molecule has 0 aromatic heterocycles. The first-order chi connectivity index (χ1) is 17.4. The third-order valence-corrected chi connectivity index (χ3v) is 6.49. The minimum Gasteiger partial charge on any atom is -0.394 e. The number of ether oxygens (including phenoxy) is 5. The summed E-state index contributed by atoms with van der Waals surface area (Å²) in [5, 5.41) is 103. The van der Waals surface area contributed by atoms with Gasteiger partial charge in [-0.05, 0) is 0 Å². The smallest absolute Gasteiger partial charge is 0.217 e. The van der Waals surface area contributed by atoms with Crippen LogP contribution in [0.5, 0.6) is 0 Å². The maximum atomic E-state index is 11.6. The van der Waals surface area contributed by atoms with Gasteiger partial charge in [0.05, 0.1) is 19.8 Å². The van der Waals surface area contributed by atoms with Crippen molar-refractivity contribution in [3.05, 3.63) is 0 Å². The van der Waals surface area contributed by atoms with Crippen LogP contribution in [0.4, 0.5) is 0 Å². The van der Waals surface area contributed by atoms with E-state index in [4.69, 9.17) is 23.7 Å². The Kier molecular flexibility index (Phi) is 10.5. The van der Waals surface area contributed by atoms with E-state index in [9.17, 15) is 55.9 Å². The van der Waals surface area contributed by atoms with Crippen molar-refractivity contribution in [1.29, 1.82) is 0 Å².